The number of hydrogen-bond acceptors (Lipinski definition) is 2. The molecule has 1 N–H and O–H groups in total. The lowest BCUT2D eigenvalue weighted by Gasteiger charge is -2.08. The van der Waals surface area contributed by atoms with Gasteiger partial charge >= 0.3 is 0 Å². The molecular weight excluding hydrogens is 222 g/mol. The van der Waals surface area contributed by atoms with Crippen molar-refractivity contribution in [2.75, 3.05) is 12.4 Å². The molecule has 94 valence electrons. The highest BCUT2D eigenvalue weighted by Crippen LogP contribution is 2.14. The number of aryl methyl sites for hydroxylation is 1. The second-order valence-corrected chi connectivity index (χ2v) is 4.25. The first-order valence-corrected chi connectivity index (χ1v) is 6.27. The summed E-state index contributed by atoms with van der Waals surface area (Å²) in [5.74, 6) is 0.894. The molecule has 0 spiro atoms. The van der Waals surface area contributed by atoms with E-state index >= 15 is 0 Å². The average molecular weight is 241 g/mol. The second kappa shape index (κ2) is 6.10. The molecule has 0 atom stereocenters. The van der Waals surface area contributed by atoms with Crippen molar-refractivity contribution in [2.45, 2.75) is 19.9 Å². The van der Waals surface area contributed by atoms with Crippen LogP contribution in [0.5, 0.6) is 5.75 Å². The van der Waals surface area contributed by atoms with Crippen LogP contribution in [0.4, 0.5) is 5.69 Å². The fraction of sp³-hybridized carbons (Fsp3) is 0.250. The van der Waals surface area contributed by atoms with Crippen molar-refractivity contribution in [2.24, 2.45) is 0 Å². The summed E-state index contributed by atoms with van der Waals surface area (Å²) < 4.78 is 5.14. The van der Waals surface area contributed by atoms with Crippen LogP contribution in [0.2, 0.25) is 0 Å². The Kier molecular flexibility index (Phi) is 4.24. The van der Waals surface area contributed by atoms with Crippen molar-refractivity contribution in [3.8, 4) is 5.75 Å². The third-order valence-corrected chi connectivity index (χ3v) is 3.02. The monoisotopic (exact) mass is 241 g/mol. The molecule has 2 nitrogen and oxygen atoms in total. The molecule has 0 radical (unpaired) electrons. The first-order valence-electron chi connectivity index (χ1n) is 6.27. The van der Waals surface area contributed by atoms with Crippen molar-refractivity contribution < 1.29 is 4.74 Å². The van der Waals surface area contributed by atoms with Crippen LogP contribution in [0.15, 0.2) is 48.5 Å². The van der Waals surface area contributed by atoms with Gasteiger partial charge in [0.2, 0.25) is 0 Å². The maximum absolute atomic E-state index is 5.14. The van der Waals surface area contributed by atoms with Crippen LogP contribution in [0.25, 0.3) is 0 Å². The molecule has 0 aliphatic rings. The fourth-order valence-electron chi connectivity index (χ4n) is 1.81. The van der Waals surface area contributed by atoms with E-state index in [2.05, 4.69) is 48.6 Å². The highest BCUT2D eigenvalue weighted by molar-refractivity contribution is 5.45. The van der Waals surface area contributed by atoms with E-state index in [1.165, 1.54) is 11.1 Å². The lowest BCUT2D eigenvalue weighted by Crippen LogP contribution is -1.99. The van der Waals surface area contributed by atoms with Crippen molar-refractivity contribution in [1.29, 1.82) is 0 Å². The second-order valence-electron chi connectivity index (χ2n) is 4.25. The molecule has 0 aromatic heterocycles. The molecule has 2 aromatic carbocycles. The summed E-state index contributed by atoms with van der Waals surface area (Å²) in [5, 5.41) is 3.41. The minimum Gasteiger partial charge on any atom is -0.497 e. The van der Waals surface area contributed by atoms with Gasteiger partial charge in [-0.3, -0.25) is 0 Å². The summed E-state index contributed by atoms with van der Waals surface area (Å²) in [6.07, 6.45) is 1.08. The predicted molar refractivity (Wildman–Crippen MR) is 76.1 cm³/mol. The third kappa shape index (κ3) is 3.27. The fourth-order valence-corrected chi connectivity index (χ4v) is 1.81. The zero-order chi connectivity index (χ0) is 12.8. The van der Waals surface area contributed by atoms with Gasteiger partial charge in [0.25, 0.3) is 0 Å². The molecule has 2 aromatic rings. The molecule has 2 heteroatoms. The largest absolute Gasteiger partial charge is 0.497 e. The van der Waals surface area contributed by atoms with Gasteiger partial charge in [0.05, 0.1) is 7.11 Å². The van der Waals surface area contributed by atoms with Crippen LogP contribution < -0.4 is 10.1 Å². The lowest BCUT2D eigenvalue weighted by molar-refractivity contribution is 0.414. The van der Waals surface area contributed by atoms with E-state index < -0.39 is 0 Å². The van der Waals surface area contributed by atoms with E-state index in [4.69, 9.17) is 4.74 Å². The summed E-state index contributed by atoms with van der Waals surface area (Å²) in [4.78, 5) is 0. The molecule has 2 rings (SSSR count). The first kappa shape index (κ1) is 12.5. The number of nitrogens with one attached hydrogen (secondary N) is 1. The van der Waals surface area contributed by atoms with Gasteiger partial charge in [-0.1, -0.05) is 31.2 Å². The molecule has 0 saturated heterocycles. The Labute approximate surface area is 109 Å². The topological polar surface area (TPSA) is 21.3 Å². The van der Waals surface area contributed by atoms with Crippen molar-refractivity contribution in [3.05, 3.63) is 59.7 Å². The van der Waals surface area contributed by atoms with E-state index in [0.29, 0.717) is 0 Å². The van der Waals surface area contributed by atoms with Crippen LogP contribution in [0.1, 0.15) is 18.1 Å². The lowest BCUT2D eigenvalue weighted by atomic mass is 10.1. The Hall–Kier alpha value is -1.96. The first-order chi connectivity index (χ1) is 8.81. The normalized spacial score (nSPS) is 10.1. The average Bonchev–Trinajstić information content (AvgIpc) is 2.46. The Bertz CT molecular complexity index is 426. The Morgan fingerprint density at radius 2 is 1.50 bits per heavy atom. The van der Waals surface area contributed by atoms with Gasteiger partial charge in [-0.05, 0) is 41.8 Å². The van der Waals surface area contributed by atoms with Crippen LogP contribution in [0.3, 0.4) is 0 Å². The number of anilines is 1. The Morgan fingerprint density at radius 1 is 0.889 bits per heavy atom. The molecular formula is C16H19NO. The molecule has 0 bridgehead atoms. The van der Waals surface area contributed by atoms with Gasteiger partial charge in [0, 0.05) is 12.2 Å². The quantitative estimate of drug-likeness (QED) is 0.858. The molecule has 18 heavy (non-hydrogen) atoms. The summed E-state index contributed by atoms with van der Waals surface area (Å²) in [6.45, 7) is 3.00. The minimum absolute atomic E-state index is 0.829. The van der Waals surface area contributed by atoms with Crippen molar-refractivity contribution >= 4 is 5.69 Å². The Morgan fingerprint density at radius 3 is 2.06 bits per heavy atom. The van der Waals surface area contributed by atoms with E-state index in [1.54, 1.807) is 7.11 Å². The number of benzene rings is 2. The van der Waals surface area contributed by atoms with Gasteiger partial charge in [-0.2, -0.15) is 0 Å². The molecule has 0 saturated carbocycles. The maximum Gasteiger partial charge on any atom is 0.118 e. The minimum atomic E-state index is 0.829. The standard InChI is InChI=1S/C16H19NO/c1-3-13-4-8-15(9-5-13)17-12-14-6-10-16(18-2)11-7-14/h4-11,17H,3,12H2,1-2H3. The van der Waals surface area contributed by atoms with Crippen LogP contribution >= 0.6 is 0 Å². The molecule has 0 fully saturated rings. The summed E-state index contributed by atoms with van der Waals surface area (Å²) in [5.41, 5.74) is 3.77. The molecule has 0 amide bonds. The summed E-state index contributed by atoms with van der Waals surface area (Å²) >= 11 is 0. The van der Waals surface area contributed by atoms with E-state index in [9.17, 15) is 0 Å². The van der Waals surface area contributed by atoms with Crippen molar-refractivity contribution in [1.82, 2.24) is 0 Å². The zero-order valence-electron chi connectivity index (χ0n) is 10.9. The predicted octanol–water partition coefficient (Wildman–Crippen LogP) is 3.87. The highest BCUT2D eigenvalue weighted by atomic mass is 16.5. The number of rotatable bonds is 5. The summed E-state index contributed by atoms with van der Waals surface area (Å²) in [7, 11) is 1.68. The van der Waals surface area contributed by atoms with Gasteiger partial charge in [0.15, 0.2) is 0 Å². The van der Waals surface area contributed by atoms with E-state index in [0.717, 1.165) is 24.4 Å². The van der Waals surface area contributed by atoms with Gasteiger partial charge in [-0.15, -0.1) is 0 Å². The van der Waals surface area contributed by atoms with Crippen LogP contribution in [-0.2, 0) is 13.0 Å². The SMILES string of the molecule is CCc1ccc(NCc2ccc(OC)cc2)cc1. The Balaban J connectivity index is 1.93. The molecule has 0 aliphatic carbocycles. The van der Waals surface area contributed by atoms with Crippen LogP contribution in [0, 0.1) is 0 Å². The summed E-state index contributed by atoms with van der Waals surface area (Å²) in [6, 6.07) is 16.7. The van der Waals surface area contributed by atoms with Gasteiger partial charge in [0.1, 0.15) is 5.75 Å². The number of hydrogen-bond donors (Lipinski definition) is 1. The third-order valence-electron chi connectivity index (χ3n) is 3.02. The van der Waals surface area contributed by atoms with E-state index in [1.807, 2.05) is 12.1 Å². The van der Waals surface area contributed by atoms with E-state index in [-0.39, 0.29) is 0 Å². The van der Waals surface area contributed by atoms with Crippen molar-refractivity contribution in [3.63, 3.8) is 0 Å². The molecule has 0 aliphatic heterocycles. The maximum atomic E-state index is 5.14. The smallest absolute Gasteiger partial charge is 0.118 e. The van der Waals surface area contributed by atoms with Crippen LogP contribution in [-0.4, -0.2) is 7.11 Å². The molecule has 0 heterocycles. The zero-order valence-corrected chi connectivity index (χ0v) is 10.9. The highest BCUT2D eigenvalue weighted by Gasteiger charge is 1.96. The molecule has 0 unspecified atom stereocenters. The van der Waals surface area contributed by atoms with Gasteiger partial charge < -0.3 is 10.1 Å². The van der Waals surface area contributed by atoms with Gasteiger partial charge in [-0.25, -0.2) is 0 Å². The number of ether oxygens (including phenoxy) is 1. The number of methoxy groups -OCH3 is 1.